The van der Waals surface area contributed by atoms with Crippen molar-refractivity contribution in [3.63, 3.8) is 0 Å². The Morgan fingerprint density at radius 3 is 2.54 bits per heavy atom. The minimum absolute atomic E-state index is 0.0478. The highest BCUT2D eigenvalue weighted by atomic mass is 16.5. The van der Waals surface area contributed by atoms with Gasteiger partial charge in [0.2, 0.25) is 0 Å². The smallest absolute Gasteiger partial charge is 0.168 e. The number of hydrogen-bond donors (Lipinski definition) is 2. The van der Waals surface area contributed by atoms with Gasteiger partial charge in [-0.05, 0) is 56.5 Å². The highest BCUT2D eigenvalue weighted by Gasteiger charge is 2.26. The number of hydrogen-bond acceptors (Lipinski definition) is 4. The van der Waals surface area contributed by atoms with E-state index < -0.39 is 0 Å². The fourth-order valence-electron chi connectivity index (χ4n) is 3.82. The van der Waals surface area contributed by atoms with Crippen LogP contribution in [0.1, 0.15) is 38.8 Å². The number of allylic oxidation sites excluding steroid dienone is 1. The lowest BCUT2D eigenvalue weighted by atomic mass is 9.85. The van der Waals surface area contributed by atoms with Gasteiger partial charge in [0, 0.05) is 16.8 Å². The van der Waals surface area contributed by atoms with Gasteiger partial charge in [-0.1, -0.05) is 24.3 Å². The van der Waals surface area contributed by atoms with E-state index in [4.69, 9.17) is 9.47 Å². The maximum atomic E-state index is 10.2. The summed E-state index contributed by atoms with van der Waals surface area (Å²) in [4.78, 5) is 0. The molecule has 0 saturated carbocycles. The zero-order chi connectivity index (χ0) is 18.9. The van der Waals surface area contributed by atoms with Gasteiger partial charge in [-0.2, -0.15) is 0 Å². The molecule has 2 N–H and O–H groups in total. The molecule has 138 valence electrons. The molecule has 4 nitrogen and oxygen atoms in total. The molecular weight excluding hydrogens is 326 g/mol. The minimum Gasteiger partial charge on any atom is -0.492 e. The summed E-state index contributed by atoms with van der Waals surface area (Å²) in [6.45, 7) is 8.84. The number of aliphatic hydroxyl groups is 1. The van der Waals surface area contributed by atoms with Crippen LogP contribution in [0, 0.1) is 0 Å². The number of nitrogens with one attached hydrogen (secondary N) is 1. The first-order chi connectivity index (χ1) is 12.4. The summed E-state index contributed by atoms with van der Waals surface area (Å²) in [6.07, 6.45) is 2.20. The lowest BCUT2D eigenvalue weighted by molar-refractivity contribution is 0.282. The summed E-state index contributed by atoms with van der Waals surface area (Å²) in [5.74, 6) is 1.40. The van der Waals surface area contributed by atoms with Crippen molar-refractivity contribution in [1.82, 2.24) is 0 Å². The summed E-state index contributed by atoms with van der Waals surface area (Å²) in [5.41, 5.74) is 5.93. The normalized spacial score (nSPS) is 14.9. The van der Waals surface area contributed by atoms with Crippen molar-refractivity contribution < 1.29 is 14.6 Å². The van der Waals surface area contributed by atoms with Gasteiger partial charge in [0.15, 0.2) is 11.5 Å². The second kappa shape index (κ2) is 7.04. The molecule has 0 aromatic heterocycles. The van der Waals surface area contributed by atoms with Gasteiger partial charge in [0.05, 0.1) is 25.9 Å². The van der Waals surface area contributed by atoms with Gasteiger partial charge in [-0.15, -0.1) is 0 Å². The fraction of sp³-hybridized carbons (Fsp3) is 0.364. The van der Waals surface area contributed by atoms with Crippen LogP contribution in [0.2, 0.25) is 0 Å². The van der Waals surface area contributed by atoms with E-state index in [0.29, 0.717) is 18.1 Å². The van der Waals surface area contributed by atoms with Crippen LogP contribution in [0.4, 0.5) is 5.69 Å². The van der Waals surface area contributed by atoms with Crippen molar-refractivity contribution in [1.29, 1.82) is 0 Å². The Bertz CT molecular complexity index is 853. The molecule has 0 amide bonds. The van der Waals surface area contributed by atoms with E-state index in [0.717, 1.165) is 33.5 Å². The highest BCUT2D eigenvalue weighted by Crippen LogP contribution is 2.44. The van der Waals surface area contributed by atoms with Gasteiger partial charge in [-0.3, -0.25) is 0 Å². The first-order valence-electron chi connectivity index (χ1n) is 8.96. The minimum atomic E-state index is -0.113. The number of para-hydroxylation sites is 1. The first-order valence-corrected chi connectivity index (χ1v) is 8.96. The third-order valence-corrected chi connectivity index (χ3v) is 4.67. The first kappa shape index (κ1) is 18.3. The van der Waals surface area contributed by atoms with Gasteiger partial charge in [-0.25, -0.2) is 0 Å². The van der Waals surface area contributed by atoms with Crippen LogP contribution >= 0.6 is 0 Å². The van der Waals surface area contributed by atoms with E-state index in [1.807, 2.05) is 31.2 Å². The molecule has 1 aliphatic heterocycles. The number of rotatable bonds is 5. The Morgan fingerprint density at radius 2 is 1.88 bits per heavy atom. The second-order valence-electron chi connectivity index (χ2n) is 7.12. The predicted octanol–water partition coefficient (Wildman–Crippen LogP) is 4.86. The summed E-state index contributed by atoms with van der Waals surface area (Å²) in [5, 5.41) is 13.7. The Labute approximate surface area is 155 Å². The van der Waals surface area contributed by atoms with E-state index in [2.05, 4.69) is 38.2 Å². The summed E-state index contributed by atoms with van der Waals surface area (Å²) in [7, 11) is 1.65. The van der Waals surface area contributed by atoms with Crippen LogP contribution < -0.4 is 14.8 Å². The van der Waals surface area contributed by atoms with Crippen molar-refractivity contribution in [3.05, 3.63) is 47.5 Å². The quantitative estimate of drug-likeness (QED) is 0.806. The molecule has 0 bridgehead atoms. The fourth-order valence-corrected chi connectivity index (χ4v) is 3.82. The highest BCUT2D eigenvalue weighted by molar-refractivity contribution is 5.88. The maximum Gasteiger partial charge on any atom is 0.168 e. The summed E-state index contributed by atoms with van der Waals surface area (Å²) < 4.78 is 11.4. The predicted molar refractivity (Wildman–Crippen MR) is 107 cm³/mol. The largest absolute Gasteiger partial charge is 0.492 e. The molecule has 3 rings (SSSR count). The van der Waals surface area contributed by atoms with E-state index in [9.17, 15) is 5.11 Å². The molecule has 2 aromatic rings. The Hall–Kier alpha value is -2.46. The summed E-state index contributed by atoms with van der Waals surface area (Å²) in [6, 6.07) is 9.97. The molecule has 4 heteroatoms. The third-order valence-electron chi connectivity index (χ3n) is 4.67. The molecule has 0 spiro atoms. The third kappa shape index (κ3) is 3.17. The molecule has 26 heavy (non-hydrogen) atoms. The number of benzene rings is 2. The molecule has 0 fully saturated rings. The van der Waals surface area contributed by atoms with Crippen LogP contribution in [0.25, 0.3) is 16.7 Å². The van der Waals surface area contributed by atoms with Crippen molar-refractivity contribution in [2.24, 2.45) is 0 Å². The van der Waals surface area contributed by atoms with Crippen molar-refractivity contribution in [2.75, 3.05) is 19.0 Å². The van der Waals surface area contributed by atoms with E-state index in [1.54, 1.807) is 7.11 Å². The molecule has 0 saturated heterocycles. The zero-order valence-electron chi connectivity index (χ0n) is 16.1. The number of anilines is 1. The van der Waals surface area contributed by atoms with E-state index in [1.165, 1.54) is 0 Å². The molecule has 0 atom stereocenters. The molecule has 0 radical (unpaired) electrons. The average Bonchev–Trinajstić information content (AvgIpc) is 2.59. The Morgan fingerprint density at radius 1 is 1.12 bits per heavy atom. The van der Waals surface area contributed by atoms with Crippen LogP contribution in [0.3, 0.4) is 0 Å². The SMILES string of the molecule is CCOc1cccc(-c2ccc3c(c2CO)C(C)=CC(C)(C)N3)c1OC. The molecular formula is C22H27NO3. The Balaban J connectivity index is 2.23. The summed E-state index contributed by atoms with van der Waals surface area (Å²) >= 11 is 0. The van der Waals surface area contributed by atoms with Gasteiger partial charge in [0.25, 0.3) is 0 Å². The molecule has 1 aliphatic rings. The molecule has 1 heterocycles. The van der Waals surface area contributed by atoms with Crippen molar-refractivity contribution in [3.8, 4) is 22.6 Å². The molecule has 0 unspecified atom stereocenters. The van der Waals surface area contributed by atoms with E-state index in [-0.39, 0.29) is 12.1 Å². The monoisotopic (exact) mass is 353 g/mol. The molecule has 2 aromatic carbocycles. The lowest BCUT2D eigenvalue weighted by Crippen LogP contribution is -2.31. The van der Waals surface area contributed by atoms with E-state index >= 15 is 0 Å². The zero-order valence-corrected chi connectivity index (χ0v) is 16.1. The topological polar surface area (TPSA) is 50.7 Å². The Kier molecular flexibility index (Phi) is 4.97. The standard InChI is InChI=1S/C22H27NO3/c1-6-26-19-9-7-8-16(21(19)25-5)15-10-11-18-20(17(15)13-24)14(2)12-22(3,4)23-18/h7-12,23-24H,6,13H2,1-5H3. The second-order valence-corrected chi connectivity index (χ2v) is 7.12. The van der Waals surface area contributed by atoms with Crippen LogP contribution in [0.5, 0.6) is 11.5 Å². The number of aliphatic hydroxyl groups excluding tert-OH is 1. The maximum absolute atomic E-state index is 10.2. The van der Waals surface area contributed by atoms with Crippen LogP contribution in [-0.2, 0) is 6.61 Å². The number of ether oxygens (including phenoxy) is 2. The van der Waals surface area contributed by atoms with Crippen molar-refractivity contribution in [2.45, 2.75) is 39.8 Å². The van der Waals surface area contributed by atoms with Crippen LogP contribution in [0.15, 0.2) is 36.4 Å². The van der Waals surface area contributed by atoms with Gasteiger partial charge >= 0.3 is 0 Å². The molecule has 0 aliphatic carbocycles. The lowest BCUT2D eigenvalue weighted by Gasteiger charge is -2.33. The number of fused-ring (bicyclic) bond motifs is 1. The van der Waals surface area contributed by atoms with Gasteiger partial charge in [0.1, 0.15) is 0 Å². The van der Waals surface area contributed by atoms with Crippen LogP contribution in [-0.4, -0.2) is 24.4 Å². The number of methoxy groups -OCH3 is 1. The van der Waals surface area contributed by atoms with Gasteiger partial charge < -0.3 is 19.9 Å². The average molecular weight is 353 g/mol. The van der Waals surface area contributed by atoms with Crippen molar-refractivity contribution >= 4 is 11.3 Å².